The van der Waals surface area contributed by atoms with E-state index in [1.54, 1.807) is 12.1 Å². The third kappa shape index (κ3) is 9.11. The molecule has 2 N–H and O–H groups in total. The highest BCUT2D eigenvalue weighted by Crippen LogP contribution is 2.18. The fraction of sp³-hybridized carbons (Fsp3) is 0.429. The van der Waals surface area contributed by atoms with Gasteiger partial charge in [0.2, 0.25) is 11.8 Å². The number of rotatable bonds is 10. The lowest BCUT2D eigenvalue weighted by Crippen LogP contribution is -2.28. The Kier molecular flexibility index (Phi) is 9.18. The molecule has 0 unspecified atom stereocenters. The molecule has 0 aromatic carbocycles. The lowest BCUT2D eigenvalue weighted by atomic mass is 9.96. The van der Waals surface area contributed by atoms with Crippen LogP contribution >= 0.6 is 0 Å². The maximum Gasteiger partial charge on any atom is 0.230 e. The molecular formula is C28H36N4O5. The van der Waals surface area contributed by atoms with E-state index in [0.29, 0.717) is 34.5 Å². The van der Waals surface area contributed by atoms with Gasteiger partial charge in [0.05, 0.1) is 24.6 Å². The van der Waals surface area contributed by atoms with Gasteiger partial charge in [0, 0.05) is 10.8 Å². The van der Waals surface area contributed by atoms with E-state index in [9.17, 15) is 9.59 Å². The summed E-state index contributed by atoms with van der Waals surface area (Å²) in [5.41, 5.74) is 0.406. The van der Waals surface area contributed by atoms with Crippen molar-refractivity contribution >= 4 is 23.5 Å². The molecule has 37 heavy (non-hydrogen) atoms. The summed E-state index contributed by atoms with van der Waals surface area (Å²) in [6, 6.07) is 14.5. The lowest BCUT2D eigenvalue weighted by Gasteiger charge is -2.17. The summed E-state index contributed by atoms with van der Waals surface area (Å²) in [6.45, 7) is 12.2. The van der Waals surface area contributed by atoms with Crippen LogP contribution in [-0.4, -0.2) is 21.8 Å². The lowest BCUT2D eigenvalue weighted by molar-refractivity contribution is -0.123. The molecule has 0 aliphatic heterocycles. The molecule has 9 nitrogen and oxygen atoms in total. The zero-order valence-electron chi connectivity index (χ0n) is 22.4. The van der Waals surface area contributed by atoms with Crippen molar-refractivity contribution in [3.63, 3.8) is 0 Å². The molecule has 198 valence electrons. The number of furan rings is 1. The molecule has 3 aromatic heterocycles. The number of carbonyl (C=O) groups is 2. The normalized spacial score (nSPS) is 11.8. The van der Waals surface area contributed by atoms with Gasteiger partial charge in [0.25, 0.3) is 0 Å². The van der Waals surface area contributed by atoms with Crippen molar-refractivity contribution in [1.29, 1.82) is 0 Å². The van der Waals surface area contributed by atoms with Gasteiger partial charge in [-0.2, -0.15) is 0 Å². The zero-order valence-corrected chi connectivity index (χ0v) is 22.4. The average molecular weight is 509 g/mol. The van der Waals surface area contributed by atoms with Crippen molar-refractivity contribution in [1.82, 2.24) is 9.97 Å². The van der Waals surface area contributed by atoms with E-state index < -0.39 is 10.8 Å². The average Bonchev–Trinajstić information content (AvgIpc) is 3.26. The number of carbonyl (C=O) groups excluding carboxylic acids is 2. The first-order valence-electron chi connectivity index (χ1n) is 12.2. The second kappa shape index (κ2) is 12.1. The second-order valence-corrected chi connectivity index (χ2v) is 10.8. The van der Waals surface area contributed by atoms with Crippen molar-refractivity contribution in [3.05, 3.63) is 71.4 Å². The number of nitrogens with zero attached hydrogens (tertiary/aromatic N) is 2. The molecule has 0 spiro atoms. The summed E-state index contributed by atoms with van der Waals surface area (Å²) in [4.78, 5) is 33.2. The Bertz CT molecular complexity index is 1120. The predicted octanol–water partition coefficient (Wildman–Crippen LogP) is 5.47. The highest BCUT2D eigenvalue weighted by molar-refractivity contribution is 5.94. The topological polar surface area (TPSA) is 116 Å². The van der Waals surface area contributed by atoms with Crippen molar-refractivity contribution < 1.29 is 23.5 Å². The number of ether oxygens (including phenoxy) is 2. The molecule has 3 heterocycles. The van der Waals surface area contributed by atoms with Crippen LogP contribution in [0.5, 0.6) is 0 Å². The van der Waals surface area contributed by atoms with Crippen LogP contribution in [0.2, 0.25) is 0 Å². The third-order valence-electron chi connectivity index (χ3n) is 5.16. The van der Waals surface area contributed by atoms with E-state index >= 15 is 0 Å². The van der Waals surface area contributed by atoms with Crippen LogP contribution in [0.15, 0.2) is 52.9 Å². The minimum Gasteiger partial charge on any atom is -0.461 e. The Balaban J connectivity index is 1.42. The molecule has 3 rings (SSSR count). The third-order valence-corrected chi connectivity index (χ3v) is 5.16. The van der Waals surface area contributed by atoms with Crippen molar-refractivity contribution in [2.75, 3.05) is 10.6 Å². The first-order valence-corrected chi connectivity index (χ1v) is 12.2. The molecule has 2 amide bonds. The summed E-state index contributed by atoms with van der Waals surface area (Å²) in [6.07, 6.45) is 0. The summed E-state index contributed by atoms with van der Waals surface area (Å²) in [7, 11) is 0. The Morgan fingerprint density at radius 1 is 0.676 bits per heavy atom. The van der Waals surface area contributed by atoms with Gasteiger partial charge in [-0.15, -0.1) is 0 Å². The molecule has 3 aromatic rings. The van der Waals surface area contributed by atoms with Crippen LogP contribution in [0, 0.1) is 10.8 Å². The van der Waals surface area contributed by atoms with Gasteiger partial charge in [-0.05, 0) is 36.4 Å². The molecule has 0 fully saturated rings. The van der Waals surface area contributed by atoms with Crippen LogP contribution in [0.4, 0.5) is 11.6 Å². The first-order chi connectivity index (χ1) is 17.4. The molecule has 0 atom stereocenters. The van der Waals surface area contributed by atoms with Gasteiger partial charge in [-0.25, -0.2) is 9.97 Å². The number of amides is 2. The van der Waals surface area contributed by atoms with E-state index in [2.05, 4.69) is 20.6 Å². The zero-order chi connectivity index (χ0) is 27.1. The molecule has 9 heteroatoms. The molecule has 0 aliphatic rings. The van der Waals surface area contributed by atoms with Gasteiger partial charge in [-0.3, -0.25) is 9.59 Å². The Labute approximate surface area is 218 Å². The van der Waals surface area contributed by atoms with Gasteiger partial charge in [-0.1, -0.05) is 53.7 Å². The van der Waals surface area contributed by atoms with Crippen LogP contribution < -0.4 is 10.6 Å². The van der Waals surface area contributed by atoms with Gasteiger partial charge < -0.3 is 24.5 Å². The first kappa shape index (κ1) is 28.0. The van der Waals surface area contributed by atoms with E-state index in [1.807, 2.05) is 77.9 Å². The highest BCUT2D eigenvalue weighted by atomic mass is 16.5. The monoisotopic (exact) mass is 508 g/mol. The van der Waals surface area contributed by atoms with Crippen molar-refractivity contribution in [2.24, 2.45) is 10.8 Å². The van der Waals surface area contributed by atoms with Crippen molar-refractivity contribution in [2.45, 2.75) is 68.0 Å². The van der Waals surface area contributed by atoms with Gasteiger partial charge in [0.15, 0.2) is 0 Å². The fourth-order valence-corrected chi connectivity index (χ4v) is 2.96. The minimum atomic E-state index is -0.501. The van der Waals surface area contributed by atoms with Gasteiger partial charge in [0.1, 0.15) is 36.4 Å². The molecule has 0 radical (unpaired) electrons. The number of pyridine rings is 2. The van der Waals surface area contributed by atoms with E-state index in [-0.39, 0.29) is 38.2 Å². The largest absolute Gasteiger partial charge is 0.461 e. The fourth-order valence-electron chi connectivity index (χ4n) is 2.96. The molecule has 0 bridgehead atoms. The van der Waals surface area contributed by atoms with E-state index in [0.717, 1.165) is 0 Å². The molecule has 0 aliphatic carbocycles. The summed E-state index contributed by atoms with van der Waals surface area (Å²) < 4.78 is 17.3. The number of hydrogen-bond acceptors (Lipinski definition) is 7. The van der Waals surface area contributed by atoms with E-state index in [4.69, 9.17) is 13.9 Å². The van der Waals surface area contributed by atoms with Crippen LogP contribution in [0.25, 0.3) is 0 Å². The number of nitrogens with one attached hydrogen (secondary N) is 2. The summed E-state index contributed by atoms with van der Waals surface area (Å²) in [5.74, 6) is 2.13. The Hall–Kier alpha value is -3.56. The Morgan fingerprint density at radius 2 is 1.08 bits per heavy atom. The van der Waals surface area contributed by atoms with Crippen molar-refractivity contribution in [3.8, 4) is 0 Å². The van der Waals surface area contributed by atoms with E-state index in [1.165, 1.54) is 0 Å². The number of aromatic nitrogens is 2. The Morgan fingerprint density at radius 3 is 1.46 bits per heavy atom. The minimum absolute atomic E-state index is 0.0980. The van der Waals surface area contributed by atoms with Gasteiger partial charge >= 0.3 is 0 Å². The quantitative estimate of drug-likeness (QED) is 0.373. The van der Waals surface area contributed by atoms with Crippen LogP contribution in [0.3, 0.4) is 0 Å². The molecule has 0 saturated heterocycles. The summed E-state index contributed by atoms with van der Waals surface area (Å²) >= 11 is 0. The second-order valence-electron chi connectivity index (χ2n) is 10.8. The number of anilines is 2. The van der Waals surface area contributed by atoms with Crippen LogP contribution in [-0.2, 0) is 45.5 Å². The SMILES string of the molecule is CC(C)(C)C(=O)Nc1cccc(COCc2ccc(COCc3cccc(NC(=O)C(C)(C)C)n3)o2)n1. The summed E-state index contributed by atoms with van der Waals surface area (Å²) in [5, 5.41) is 5.64. The molecule has 0 saturated carbocycles. The smallest absolute Gasteiger partial charge is 0.230 e. The highest BCUT2D eigenvalue weighted by Gasteiger charge is 2.22. The molecular weight excluding hydrogens is 472 g/mol. The number of hydrogen-bond donors (Lipinski definition) is 2. The standard InChI is InChI=1S/C28H36N4O5/c1-27(2,3)25(33)31-23-11-7-9-19(29-23)15-35-17-21-13-14-22(37-21)18-36-16-20-10-8-12-24(30-20)32-26(34)28(4,5)6/h7-14H,15-18H2,1-6H3,(H,29,31,33)(H,30,32,34). The maximum absolute atomic E-state index is 12.2. The maximum atomic E-state index is 12.2. The van der Waals surface area contributed by atoms with Crippen LogP contribution in [0.1, 0.15) is 64.5 Å². The predicted molar refractivity (Wildman–Crippen MR) is 140 cm³/mol.